The minimum atomic E-state index is -0.239. The van der Waals surface area contributed by atoms with E-state index in [1.807, 2.05) is 23.7 Å². The summed E-state index contributed by atoms with van der Waals surface area (Å²) in [5, 5.41) is 10.8. The van der Waals surface area contributed by atoms with Gasteiger partial charge in [0.2, 0.25) is 5.95 Å². The Balaban J connectivity index is 1.50. The maximum absolute atomic E-state index is 12.7. The number of aromatic nitrogens is 3. The van der Waals surface area contributed by atoms with Crippen molar-refractivity contribution in [3.8, 4) is 0 Å². The van der Waals surface area contributed by atoms with Crippen LogP contribution in [0.5, 0.6) is 0 Å². The first-order chi connectivity index (χ1) is 16.0. The van der Waals surface area contributed by atoms with E-state index in [4.69, 9.17) is 0 Å². The number of nitrogens with zero attached hydrogens (tertiary/aromatic N) is 3. The molecule has 4 aromatic rings. The van der Waals surface area contributed by atoms with Crippen LogP contribution in [0.15, 0.2) is 78.9 Å². The first kappa shape index (κ1) is 20.7. The number of hydrogen-bond donors (Lipinski definition) is 2. The minimum Gasteiger partial charge on any atom is -0.324 e. The molecule has 6 nitrogen and oxygen atoms in total. The van der Waals surface area contributed by atoms with Gasteiger partial charge in [0.05, 0.1) is 0 Å². The molecule has 0 bridgehead atoms. The summed E-state index contributed by atoms with van der Waals surface area (Å²) in [6.45, 7) is 6.13. The maximum Gasteiger partial charge on any atom is 0.258 e. The maximum atomic E-state index is 12.7. The van der Waals surface area contributed by atoms with Crippen LogP contribution in [0.2, 0.25) is 0 Å². The molecule has 1 amide bonds. The van der Waals surface area contributed by atoms with Crippen LogP contribution in [0.4, 0.5) is 11.9 Å². The number of aryl methyl sites for hydroxylation is 3. The van der Waals surface area contributed by atoms with Crippen LogP contribution < -0.4 is 10.6 Å². The number of anilines is 2. The predicted octanol–water partition coefficient (Wildman–Crippen LogP) is 5.51. The number of amides is 1. The number of fused-ring (bicyclic) bond motifs is 1. The Labute approximate surface area is 193 Å². The smallest absolute Gasteiger partial charge is 0.258 e. The Morgan fingerprint density at radius 3 is 2.06 bits per heavy atom. The van der Waals surface area contributed by atoms with Crippen molar-refractivity contribution >= 4 is 23.5 Å². The van der Waals surface area contributed by atoms with Crippen molar-refractivity contribution < 1.29 is 4.79 Å². The molecule has 0 spiro atoms. The summed E-state index contributed by atoms with van der Waals surface area (Å²) in [6, 6.07) is 24.0. The summed E-state index contributed by atoms with van der Waals surface area (Å²) >= 11 is 0. The van der Waals surface area contributed by atoms with Crippen molar-refractivity contribution in [2.75, 3.05) is 10.6 Å². The molecule has 0 fully saturated rings. The molecule has 0 aliphatic carbocycles. The normalized spacial score (nSPS) is 14.8. The van der Waals surface area contributed by atoms with E-state index in [2.05, 4.69) is 89.2 Å². The summed E-state index contributed by atoms with van der Waals surface area (Å²) < 4.78 is 1.81. The fraction of sp³-hybridized carbons (Fsp3) is 0.148. The highest BCUT2D eigenvalue weighted by Crippen LogP contribution is 2.33. The van der Waals surface area contributed by atoms with Crippen LogP contribution in [0.3, 0.4) is 0 Å². The highest BCUT2D eigenvalue weighted by Gasteiger charge is 2.26. The van der Waals surface area contributed by atoms with Gasteiger partial charge in [-0.05, 0) is 50.1 Å². The third-order valence-corrected chi connectivity index (χ3v) is 5.79. The average molecular weight is 436 g/mol. The van der Waals surface area contributed by atoms with E-state index in [0.29, 0.717) is 11.5 Å². The highest BCUT2D eigenvalue weighted by atomic mass is 16.1. The quantitative estimate of drug-likeness (QED) is 0.443. The minimum absolute atomic E-state index is 0.157. The lowest BCUT2D eigenvalue weighted by atomic mass is 10.0. The highest BCUT2D eigenvalue weighted by molar-refractivity contribution is 6.03. The number of allylic oxidation sites excluding steroid dienone is 1. The number of benzene rings is 3. The van der Waals surface area contributed by atoms with Gasteiger partial charge in [-0.25, -0.2) is 4.68 Å². The van der Waals surface area contributed by atoms with E-state index in [1.165, 1.54) is 11.1 Å². The molecule has 2 heterocycles. The second-order valence-electron chi connectivity index (χ2n) is 8.45. The van der Waals surface area contributed by atoms with E-state index < -0.39 is 0 Å². The lowest BCUT2D eigenvalue weighted by Gasteiger charge is -2.24. The Morgan fingerprint density at radius 1 is 0.848 bits per heavy atom. The molecule has 2 N–H and O–H groups in total. The number of nitrogens with one attached hydrogen (secondary N) is 2. The van der Waals surface area contributed by atoms with Crippen LogP contribution >= 0.6 is 0 Å². The van der Waals surface area contributed by atoms with Gasteiger partial charge < -0.3 is 5.32 Å². The Bertz CT molecular complexity index is 1330. The molecule has 5 rings (SSSR count). The fourth-order valence-electron chi connectivity index (χ4n) is 3.83. The van der Waals surface area contributed by atoms with E-state index in [1.54, 1.807) is 12.1 Å². The second kappa shape index (κ2) is 8.39. The van der Waals surface area contributed by atoms with Gasteiger partial charge in [0.25, 0.3) is 11.9 Å². The van der Waals surface area contributed by atoms with Crippen molar-refractivity contribution in [3.63, 3.8) is 0 Å². The van der Waals surface area contributed by atoms with Crippen molar-refractivity contribution in [1.29, 1.82) is 0 Å². The molecule has 1 atom stereocenters. The molecule has 0 unspecified atom stereocenters. The van der Waals surface area contributed by atoms with Crippen LogP contribution in [-0.2, 0) is 0 Å². The summed E-state index contributed by atoms with van der Waals surface area (Å²) in [5.41, 5.74) is 7.18. The van der Waals surface area contributed by atoms with Gasteiger partial charge in [-0.1, -0.05) is 77.4 Å². The SMILES string of the molecule is Cc1ccc(C(=O)Nc2nc3n(n2)[C@@H](c2ccc(C)cc2)C=C(c2ccc(C)cc2)N3)cc1. The third kappa shape index (κ3) is 4.28. The van der Waals surface area contributed by atoms with E-state index >= 15 is 0 Å². The van der Waals surface area contributed by atoms with Crippen LogP contribution in [0, 0.1) is 20.8 Å². The Hall–Kier alpha value is -4.19. The Morgan fingerprint density at radius 2 is 1.42 bits per heavy atom. The summed E-state index contributed by atoms with van der Waals surface area (Å²) in [6.07, 6.45) is 2.14. The van der Waals surface area contributed by atoms with Crippen molar-refractivity contribution in [1.82, 2.24) is 14.8 Å². The first-order valence-electron chi connectivity index (χ1n) is 10.9. The van der Waals surface area contributed by atoms with Gasteiger partial charge in [0.1, 0.15) is 6.04 Å². The van der Waals surface area contributed by atoms with Crippen molar-refractivity contribution in [2.24, 2.45) is 0 Å². The van der Waals surface area contributed by atoms with Crippen molar-refractivity contribution in [2.45, 2.75) is 26.8 Å². The lowest BCUT2D eigenvalue weighted by Crippen LogP contribution is -2.20. The second-order valence-corrected chi connectivity index (χ2v) is 8.45. The zero-order valence-corrected chi connectivity index (χ0v) is 18.8. The molecule has 3 aromatic carbocycles. The number of carbonyl (C=O) groups excluding carboxylic acids is 1. The van der Waals surface area contributed by atoms with Gasteiger partial charge in [-0.15, -0.1) is 5.10 Å². The van der Waals surface area contributed by atoms with Crippen molar-refractivity contribution in [3.05, 3.63) is 112 Å². The first-order valence-corrected chi connectivity index (χ1v) is 10.9. The lowest BCUT2D eigenvalue weighted by molar-refractivity contribution is 0.102. The monoisotopic (exact) mass is 435 g/mol. The third-order valence-electron chi connectivity index (χ3n) is 5.79. The van der Waals surface area contributed by atoms with Gasteiger partial charge in [0.15, 0.2) is 0 Å². The molecule has 6 heteroatoms. The molecule has 0 saturated heterocycles. The molecular formula is C27H25N5O. The van der Waals surface area contributed by atoms with Gasteiger partial charge in [0, 0.05) is 11.3 Å². The molecule has 1 aromatic heterocycles. The van der Waals surface area contributed by atoms with E-state index in [9.17, 15) is 4.79 Å². The summed E-state index contributed by atoms with van der Waals surface area (Å²) in [4.78, 5) is 17.3. The van der Waals surface area contributed by atoms with Gasteiger partial charge in [-0.2, -0.15) is 4.98 Å². The van der Waals surface area contributed by atoms with Crippen LogP contribution in [-0.4, -0.2) is 20.7 Å². The van der Waals surface area contributed by atoms with Crippen LogP contribution in [0.25, 0.3) is 5.70 Å². The van der Waals surface area contributed by atoms with Gasteiger partial charge in [-0.3, -0.25) is 10.1 Å². The summed E-state index contributed by atoms with van der Waals surface area (Å²) in [7, 11) is 0. The molecule has 0 saturated carbocycles. The molecule has 164 valence electrons. The predicted molar refractivity (Wildman–Crippen MR) is 131 cm³/mol. The van der Waals surface area contributed by atoms with Gasteiger partial charge >= 0.3 is 0 Å². The largest absolute Gasteiger partial charge is 0.324 e. The number of rotatable bonds is 4. The molecular weight excluding hydrogens is 410 g/mol. The number of carbonyl (C=O) groups is 1. The topological polar surface area (TPSA) is 71.8 Å². The molecule has 1 aliphatic heterocycles. The fourth-order valence-corrected chi connectivity index (χ4v) is 3.83. The summed E-state index contributed by atoms with van der Waals surface area (Å²) in [5.74, 6) is 0.605. The molecule has 1 aliphatic rings. The Kier molecular flexibility index (Phi) is 5.26. The van der Waals surface area contributed by atoms with E-state index in [0.717, 1.165) is 22.4 Å². The molecule has 33 heavy (non-hydrogen) atoms. The van der Waals surface area contributed by atoms with Crippen LogP contribution in [0.1, 0.15) is 44.2 Å². The number of hydrogen-bond acceptors (Lipinski definition) is 4. The standard InChI is InChI=1S/C27H25N5O/c1-17-4-10-20(11-5-17)23-16-24(21-12-6-18(2)7-13-21)32-27(28-23)30-26(31-32)29-25(33)22-14-8-19(3)9-15-22/h4-16,24H,1-3H3,(H2,28,29,30,31,33)/t24-/m1/s1. The molecule has 0 radical (unpaired) electrons. The van der Waals surface area contributed by atoms with E-state index in [-0.39, 0.29) is 17.9 Å². The zero-order chi connectivity index (χ0) is 22.9. The average Bonchev–Trinajstić information content (AvgIpc) is 3.22. The zero-order valence-electron chi connectivity index (χ0n) is 18.8.